The molecule has 2 heteroatoms. The Morgan fingerprint density at radius 3 is 2.78 bits per heavy atom. The maximum atomic E-state index is 12.1. The number of piperidine rings is 1. The first-order valence-corrected chi connectivity index (χ1v) is 3.61. The van der Waals surface area contributed by atoms with Gasteiger partial charge in [-0.3, -0.25) is 0 Å². The standard InChI is InChI=1S/C7H14FN/c1-9-5-3-2-4-7(9)6-8/h7H,2-6H2,1H3/t7-/m0/s1. The Morgan fingerprint density at radius 1 is 1.56 bits per heavy atom. The smallest absolute Gasteiger partial charge is 0.105 e. The Bertz CT molecular complexity index is 85.0. The maximum Gasteiger partial charge on any atom is 0.105 e. The molecule has 0 amide bonds. The third-order valence-corrected chi connectivity index (χ3v) is 2.10. The molecule has 0 radical (unpaired) electrons. The summed E-state index contributed by atoms with van der Waals surface area (Å²) in [5.74, 6) is 0. The molecule has 0 aromatic heterocycles. The molecule has 0 aliphatic carbocycles. The number of nitrogens with zero attached hydrogens (tertiary/aromatic N) is 1. The summed E-state index contributed by atoms with van der Waals surface area (Å²) < 4.78 is 12.1. The van der Waals surface area contributed by atoms with E-state index in [-0.39, 0.29) is 12.7 Å². The fraction of sp³-hybridized carbons (Fsp3) is 1.00. The average molecular weight is 131 g/mol. The molecule has 1 atom stereocenters. The first kappa shape index (κ1) is 7.00. The van der Waals surface area contributed by atoms with Crippen molar-refractivity contribution in [3.63, 3.8) is 0 Å². The summed E-state index contributed by atoms with van der Waals surface area (Å²) in [5, 5.41) is 0. The van der Waals surface area contributed by atoms with Crippen molar-refractivity contribution in [2.24, 2.45) is 0 Å². The highest BCUT2D eigenvalue weighted by atomic mass is 19.1. The third-order valence-electron chi connectivity index (χ3n) is 2.10. The minimum Gasteiger partial charge on any atom is -0.301 e. The SMILES string of the molecule is CN1CCCC[C@H]1CF. The van der Waals surface area contributed by atoms with Gasteiger partial charge in [0.05, 0.1) is 0 Å². The zero-order chi connectivity index (χ0) is 6.69. The third kappa shape index (κ3) is 1.65. The lowest BCUT2D eigenvalue weighted by Gasteiger charge is -2.29. The van der Waals surface area contributed by atoms with E-state index in [0.29, 0.717) is 0 Å². The van der Waals surface area contributed by atoms with Crippen molar-refractivity contribution in [3.8, 4) is 0 Å². The molecule has 0 unspecified atom stereocenters. The van der Waals surface area contributed by atoms with Gasteiger partial charge in [-0.25, -0.2) is 4.39 Å². The molecule has 0 N–H and O–H groups in total. The van der Waals surface area contributed by atoms with Gasteiger partial charge in [0.2, 0.25) is 0 Å². The normalized spacial score (nSPS) is 30.7. The molecule has 9 heavy (non-hydrogen) atoms. The molecular formula is C7H14FN. The highest BCUT2D eigenvalue weighted by Crippen LogP contribution is 2.14. The Hall–Kier alpha value is -0.110. The summed E-state index contributed by atoms with van der Waals surface area (Å²) in [6.07, 6.45) is 3.50. The van der Waals surface area contributed by atoms with Gasteiger partial charge in [-0.05, 0) is 26.4 Å². The summed E-state index contributed by atoms with van der Waals surface area (Å²) >= 11 is 0. The van der Waals surface area contributed by atoms with Crippen LogP contribution in [0.25, 0.3) is 0 Å². The Morgan fingerprint density at radius 2 is 2.33 bits per heavy atom. The summed E-state index contributed by atoms with van der Waals surface area (Å²) in [4.78, 5) is 2.11. The van der Waals surface area contributed by atoms with Gasteiger partial charge in [-0.15, -0.1) is 0 Å². The van der Waals surface area contributed by atoms with Gasteiger partial charge in [0.15, 0.2) is 0 Å². The minimum absolute atomic E-state index is 0.170. The quantitative estimate of drug-likeness (QED) is 0.520. The molecule has 54 valence electrons. The lowest BCUT2D eigenvalue weighted by molar-refractivity contribution is 0.155. The zero-order valence-electron chi connectivity index (χ0n) is 5.94. The second-order valence-electron chi connectivity index (χ2n) is 2.78. The minimum atomic E-state index is -0.170. The van der Waals surface area contributed by atoms with Crippen LogP contribution >= 0.6 is 0 Å². The molecule has 1 heterocycles. The molecule has 0 bridgehead atoms. The van der Waals surface area contributed by atoms with Gasteiger partial charge >= 0.3 is 0 Å². The van der Waals surface area contributed by atoms with Crippen LogP contribution in [0.4, 0.5) is 4.39 Å². The van der Waals surface area contributed by atoms with E-state index in [1.165, 1.54) is 12.8 Å². The van der Waals surface area contributed by atoms with Gasteiger partial charge < -0.3 is 4.90 Å². The average Bonchev–Trinajstić information content (AvgIpc) is 1.89. The van der Waals surface area contributed by atoms with Gasteiger partial charge in [0, 0.05) is 6.04 Å². The Labute approximate surface area is 55.8 Å². The molecule has 0 saturated carbocycles. The van der Waals surface area contributed by atoms with Crippen molar-refractivity contribution in [2.45, 2.75) is 25.3 Å². The van der Waals surface area contributed by atoms with Crippen LogP contribution in [0.3, 0.4) is 0 Å². The molecule has 1 aliphatic rings. The molecule has 1 aliphatic heterocycles. The molecular weight excluding hydrogens is 117 g/mol. The van der Waals surface area contributed by atoms with Crippen molar-refractivity contribution in [2.75, 3.05) is 20.3 Å². The fourth-order valence-corrected chi connectivity index (χ4v) is 1.34. The number of alkyl halides is 1. The van der Waals surface area contributed by atoms with Crippen molar-refractivity contribution >= 4 is 0 Å². The Kier molecular flexibility index (Phi) is 2.46. The van der Waals surface area contributed by atoms with Gasteiger partial charge in [0.1, 0.15) is 6.67 Å². The van der Waals surface area contributed by atoms with Crippen LogP contribution in [-0.4, -0.2) is 31.2 Å². The monoisotopic (exact) mass is 131 g/mol. The van der Waals surface area contributed by atoms with Crippen LogP contribution in [0.5, 0.6) is 0 Å². The number of likely N-dealkylation sites (tertiary alicyclic amines) is 1. The molecule has 0 aromatic rings. The fourth-order valence-electron chi connectivity index (χ4n) is 1.34. The summed E-state index contributed by atoms with van der Waals surface area (Å²) in [7, 11) is 2.00. The van der Waals surface area contributed by atoms with Crippen molar-refractivity contribution < 1.29 is 4.39 Å². The predicted octanol–water partition coefficient (Wildman–Crippen LogP) is 1.44. The van der Waals surface area contributed by atoms with Crippen LogP contribution < -0.4 is 0 Å². The van der Waals surface area contributed by atoms with Crippen LogP contribution in [0.1, 0.15) is 19.3 Å². The van der Waals surface area contributed by atoms with E-state index in [2.05, 4.69) is 4.90 Å². The van der Waals surface area contributed by atoms with Crippen molar-refractivity contribution in [3.05, 3.63) is 0 Å². The van der Waals surface area contributed by atoms with Gasteiger partial charge in [-0.2, -0.15) is 0 Å². The summed E-state index contributed by atoms with van der Waals surface area (Å²) in [6, 6.07) is 0.221. The molecule has 0 spiro atoms. The number of halogens is 1. The van der Waals surface area contributed by atoms with E-state index >= 15 is 0 Å². The van der Waals surface area contributed by atoms with Crippen LogP contribution in [0, 0.1) is 0 Å². The number of hydrogen-bond acceptors (Lipinski definition) is 1. The first-order valence-electron chi connectivity index (χ1n) is 3.61. The first-order chi connectivity index (χ1) is 4.34. The second kappa shape index (κ2) is 3.16. The molecule has 1 fully saturated rings. The van der Waals surface area contributed by atoms with Gasteiger partial charge in [0.25, 0.3) is 0 Å². The van der Waals surface area contributed by atoms with E-state index in [1.807, 2.05) is 7.05 Å². The van der Waals surface area contributed by atoms with Crippen molar-refractivity contribution in [1.82, 2.24) is 4.90 Å². The van der Waals surface area contributed by atoms with Crippen LogP contribution in [0.2, 0.25) is 0 Å². The van der Waals surface area contributed by atoms with E-state index < -0.39 is 0 Å². The van der Waals surface area contributed by atoms with Crippen LogP contribution in [0.15, 0.2) is 0 Å². The predicted molar refractivity (Wildman–Crippen MR) is 36.2 cm³/mol. The Balaban J connectivity index is 2.30. The maximum absolute atomic E-state index is 12.1. The van der Waals surface area contributed by atoms with Gasteiger partial charge in [-0.1, -0.05) is 6.42 Å². The largest absolute Gasteiger partial charge is 0.301 e. The summed E-state index contributed by atoms with van der Waals surface area (Å²) in [5.41, 5.74) is 0. The van der Waals surface area contributed by atoms with E-state index in [1.54, 1.807) is 0 Å². The number of rotatable bonds is 1. The van der Waals surface area contributed by atoms with E-state index in [9.17, 15) is 4.39 Å². The lowest BCUT2D eigenvalue weighted by Crippen LogP contribution is -2.37. The highest BCUT2D eigenvalue weighted by molar-refractivity contribution is 4.72. The highest BCUT2D eigenvalue weighted by Gasteiger charge is 2.17. The molecule has 1 rings (SSSR count). The molecule has 0 aromatic carbocycles. The van der Waals surface area contributed by atoms with Crippen molar-refractivity contribution in [1.29, 1.82) is 0 Å². The molecule has 1 saturated heterocycles. The second-order valence-corrected chi connectivity index (χ2v) is 2.78. The lowest BCUT2D eigenvalue weighted by atomic mass is 10.0. The topological polar surface area (TPSA) is 3.24 Å². The molecule has 1 nitrogen and oxygen atoms in total. The van der Waals surface area contributed by atoms with E-state index in [0.717, 1.165) is 13.0 Å². The van der Waals surface area contributed by atoms with Crippen LogP contribution in [-0.2, 0) is 0 Å². The zero-order valence-corrected chi connectivity index (χ0v) is 5.94. The summed E-state index contributed by atoms with van der Waals surface area (Å²) in [6.45, 7) is 0.908. The number of hydrogen-bond donors (Lipinski definition) is 0. The van der Waals surface area contributed by atoms with E-state index in [4.69, 9.17) is 0 Å².